The number of carbonyl (C=O) groups excluding carboxylic acids is 1. The van der Waals surface area contributed by atoms with Crippen LogP contribution in [0, 0.1) is 6.92 Å². The molecule has 2 aromatic rings. The fourth-order valence-electron chi connectivity index (χ4n) is 1.39. The lowest BCUT2D eigenvalue weighted by molar-refractivity contribution is 0.0958. The summed E-state index contributed by atoms with van der Waals surface area (Å²) in [6.07, 6.45) is 1.60. The molecule has 0 aliphatic carbocycles. The molecule has 0 radical (unpaired) electrons. The quantitative estimate of drug-likeness (QED) is 0.812. The van der Waals surface area contributed by atoms with E-state index in [0.29, 0.717) is 5.69 Å². The van der Waals surface area contributed by atoms with E-state index in [9.17, 15) is 4.79 Å². The Bertz CT molecular complexity index is 518. The van der Waals surface area contributed by atoms with Crippen molar-refractivity contribution in [3.63, 3.8) is 0 Å². The van der Waals surface area contributed by atoms with E-state index in [-0.39, 0.29) is 5.91 Å². The van der Waals surface area contributed by atoms with Crippen LogP contribution >= 0.6 is 0 Å². The molecule has 0 aliphatic rings. The van der Waals surface area contributed by atoms with Gasteiger partial charge >= 0.3 is 0 Å². The van der Waals surface area contributed by atoms with Crippen molar-refractivity contribution >= 4 is 5.91 Å². The molecule has 1 heterocycles. The van der Waals surface area contributed by atoms with Gasteiger partial charge in [0.25, 0.3) is 5.91 Å². The van der Waals surface area contributed by atoms with Crippen molar-refractivity contribution in [3.05, 3.63) is 41.7 Å². The van der Waals surface area contributed by atoms with Gasteiger partial charge in [0, 0.05) is 7.05 Å². The highest BCUT2D eigenvalue weighted by Crippen LogP contribution is 2.08. The summed E-state index contributed by atoms with van der Waals surface area (Å²) in [5.74, 6) is -0.237. The number of aromatic nitrogens is 3. The van der Waals surface area contributed by atoms with Crippen LogP contribution in [-0.2, 0) is 0 Å². The van der Waals surface area contributed by atoms with E-state index in [4.69, 9.17) is 0 Å². The minimum atomic E-state index is -0.237. The summed E-state index contributed by atoms with van der Waals surface area (Å²) in [6.45, 7) is 2.00. The molecule has 82 valence electrons. The van der Waals surface area contributed by atoms with Crippen molar-refractivity contribution in [2.24, 2.45) is 0 Å². The summed E-state index contributed by atoms with van der Waals surface area (Å²) in [5, 5.41) is 10.2. The first-order valence-corrected chi connectivity index (χ1v) is 4.92. The predicted octanol–water partition coefficient (Wildman–Crippen LogP) is 0.935. The van der Waals surface area contributed by atoms with Gasteiger partial charge in [-0.2, -0.15) is 0 Å². The number of aryl methyl sites for hydroxylation is 1. The molecular formula is C11H12N4O. The van der Waals surface area contributed by atoms with Gasteiger partial charge in [0.1, 0.15) is 0 Å². The van der Waals surface area contributed by atoms with E-state index in [1.165, 1.54) is 0 Å². The molecule has 1 aromatic carbocycles. The van der Waals surface area contributed by atoms with E-state index in [0.717, 1.165) is 11.3 Å². The average molecular weight is 216 g/mol. The molecule has 2 rings (SSSR count). The number of hydrogen-bond acceptors (Lipinski definition) is 3. The van der Waals surface area contributed by atoms with Crippen molar-refractivity contribution in [3.8, 4) is 5.69 Å². The second kappa shape index (κ2) is 4.14. The molecule has 0 saturated carbocycles. The van der Waals surface area contributed by atoms with Gasteiger partial charge < -0.3 is 5.32 Å². The third-order valence-corrected chi connectivity index (χ3v) is 2.22. The second-order valence-electron chi connectivity index (χ2n) is 3.47. The minimum absolute atomic E-state index is 0.237. The van der Waals surface area contributed by atoms with Crippen LogP contribution in [0.3, 0.4) is 0 Å². The summed E-state index contributed by atoms with van der Waals surface area (Å²) in [6, 6.07) is 7.82. The number of carbonyl (C=O) groups is 1. The van der Waals surface area contributed by atoms with Crippen molar-refractivity contribution in [2.45, 2.75) is 6.92 Å². The van der Waals surface area contributed by atoms with Crippen molar-refractivity contribution in [1.29, 1.82) is 0 Å². The molecule has 0 aliphatic heterocycles. The van der Waals surface area contributed by atoms with Gasteiger partial charge in [0.05, 0.1) is 11.9 Å². The topological polar surface area (TPSA) is 59.8 Å². The van der Waals surface area contributed by atoms with Crippen molar-refractivity contribution in [2.75, 3.05) is 7.05 Å². The lowest BCUT2D eigenvalue weighted by atomic mass is 10.2. The second-order valence-corrected chi connectivity index (χ2v) is 3.47. The molecule has 0 fully saturated rings. The molecule has 0 bridgehead atoms. The van der Waals surface area contributed by atoms with Crippen molar-refractivity contribution in [1.82, 2.24) is 20.3 Å². The van der Waals surface area contributed by atoms with Gasteiger partial charge in [0.15, 0.2) is 5.69 Å². The number of nitrogens with one attached hydrogen (secondary N) is 1. The molecule has 1 aromatic heterocycles. The number of amides is 1. The maximum Gasteiger partial charge on any atom is 0.273 e. The summed E-state index contributed by atoms with van der Waals surface area (Å²) in [4.78, 5) is 11.3. The van der Waals surface area contributed by atoms with Crippen LogP contribution in [0.5, 0.6) is 0 Å². The summed E-state index contributed by atoms with van der Waals surface area (Å²) in [5.41, 5.74) is 2.33. The standard InChI is InChI=1S/C11H12N4O/c1-8-4-3-5-9(6-8)15-7-10(13-14-15)11(16)12-2/h3-7H,1-2H3,(H,12,16). The van der Waals surface area contributed by atoms with Gasteiger partial charge in [-0.05, 0) is 24.6 Å². The molecule has 16 heavy (non-hydrogen) atoms. The number of benzene rings is 1. The van der Waals surface area contributed by atoms with Crippen LogP contribution in [-0.4, -0.2) is 27.9 Å². The normalized spacial score (nSPS) is 10.1. The first kappa shape index (κ1) is 10.4. The smallest absolute Gasteiger partial charge is 0.273 e. The molecule has 0 saturated heterocycles. The molecule has 1 amide bonds. The first-order valence-electron chi connectivity index (χ1n) is 4.92. The van der Waals surface area contributed by atoms with Gasteiger partial charge in [0.2, 0.25) is 0 Å². The van der Waals surface area contributed by atoms with Crippen molar-refractivity contribution < 1.29 is 4.79 Å². The number of nitrogens with zero attached hydrogens (tertiary/aromatic N) is 3. The molecule has 5 heteroatoms. The van der Waals surface area contributed by atoms with Crippen LogP contribution in [0.15, 0.2) is 30.5 Å². The van der Waals surface area contributed by atoms with Crippen LogP contribution in [0.25, 0.3) is 5.69 Å². The third-order valence-electron chi connectivity index (χ3n) is 2.22. The Balaban J connectivity index is 2.35. The van der Waals surface area contributed by atoms with Gasteiger partial charge in [-0.3, -0.25) is 4.79 Å². The Morgan fingerprint density at radius 3 is 2.94 bits per heavy atom. The Kier molecular flexibility index (Phi) is 2.68. The Morgan fingerprint density at radius 1 is 1.44 bits per heavy atom. The molecule has 0 spiro atoms. The lowest BCUT2D eigenvalue weighted by Crippen LogP contribution is -2.18. The van der Waals surface area contributed by atoms with E-state index < -0.39 is 0 Å². The number of rotatable bonds is 2. The summed E-state index contributed by atoms with van der Waals surface area (Å²) in [7, 11) is 1.56. The van der Waals surface area contributed by atoms with Crippen LogP contribution in [0.4, 0.5) is 0 Å². The van der Waals surface area contributed by atoms with E-state index in [1.807, 2.05) is 31.2 Å². The first-order chi connectivity index (χ1) is 7.70. The molecule has 1 N–H and O–H groups in total. The summed E-state index contributed by atoms with van der Waals surface area (Å²) < 4.78 is 1.58. The molecule has 0 unspecified atom stereocenters. The van der Waals surface area contributed by atoms with E-state index in [2.05, 4.69) is 15.6 Å². The minimum Gasteiger partial charge on any atom is -0.354 e. The molecule has 5 nitrogen and oxygen atoms in total. The van der Waals surface area contributed by atoms with Crippen LogP contribution < -0.4 is 5.32 Å². The molecular weight excluding hydrogens is 204 g/mol. The zero-order chi connectivity index (χ0) is 11.5. The van der Waals surface area contributed by atoms with Gasteiger partial charge in [-0.15, -0.1) is 5.10 Å². The highest BCUT2D eigenvalue weighted by atomic mass is 16.1. The maximum absolute atomic E-state index is 11.3. The SMILES string of the molecule is CNC(=O)c1cn(-c2cccc(C)c2)nn1. The average Bonchev–Trinajstić information content (AvgIpc) is 2.77. The Hall–Kier alpha value is -2.17. The Labute approximate surface area is 93.1 Å². The number of hydrogen-bond donors (Lipinski definition) is 1. The largest absolute Gasteiger partial charge is 0.354 e. The zero-order valence-corrected chi connectivity index (χ0v) is 9.14. The van der Waals surface area contributed by atoms with E-state index in [1.54, 1.807) is 17.9 Å². The van der Waals surface area contributed by atoms with Crippen LogP contribution in [0.1, 0.15) is 16.1 Å². The molecule has 0 atom stereocenters. The van der Waals surface area contributed by atoms with E-state index >= 15 is 0 Å². The van der Waals surface area contributed by atoms with Gasteiger partial charge in [-0.25, -0.2) is 4.68 Å². The zero-order valence-electron chi connectivity index (χ0n) is 9.14. The summed E-state index contributed by atoms with van der Waals surface area (Å²) >= 11 is 0. The third kappa shape index (κ3) is 1.93. The Morgan fingerprint density at radius 2 is 2.25 bits per heavy atom. The lowest BCUT2D eigenvalue weighted by Gasteiger charge is -2.00. The monoisotopic (exact) mass is 216 g/mol. The highest BCUT2D eigenvalue weighted by Gasteiger charge is 2.08. The predicted molar refractivity (Wildman–Crippen MR) is 59.5 cm³/mol. The maximum atomic E-state index is 11.3. The highest BCUT2D eigenvalue weighted by molar-refractivity contribution is 5.91. The fourth-order valence-corrected chi connectivity index (χ4v) is 1.39. The van der Waals surface area contributed by atoms with Gasteiger partial charge in [-0.1, -0.05) is 17.3 Å². The fraction of sp³-hybridized carbons (Fsp3) is 0.182. The van der Waals surface area contributed by atoms with Crippen LogP contribution in [0.2, 0.25) is 0 Å².